The van der Waals surface area contributed by atoms with E-state index in [0.717, 1.165) is 35.0 Å². The highest BCUT2D eigenvalue weighted by molar-refractivity contribution is 7.99. The fraction of sp³-hybridized carbons (Fsp3) is 0.720. The Kier molecular flexibility index (Phi) is 4.83. The SMILES string of the molecule is CC1(C)OC(=O)c2c(SCCN)ccc([C@H]3C[C@H]3B3OC4C[C@@H]5C[C@@H](C5(C)C)[C@]4(C)O3)c2O1. The largest absolute Gasteiger partial charge is 0.461 e. The number of nitrogens with two attached hydrogens (primary N) is 1. The van der Waals surface area contributed by atoms with Crippen molar-refractivity contribution in [3.8, 4) is 5.75 Å². The van der Waals surface area contributed by atoms with E-state index in [0.29, 0.717) is 29.2 Å². The van der Waals surface area contributed by atoms with Crippen molar-refractivity contribution in [2.45, 2.75) is 88.0 Å². The van der Waals surface area contributed by atoms with Gasteiger partial charge in [0.2, 0.25) is 5.79 Å². The van der Waals surface area contributed by atoms with Crippen LogP contribution in [-0.4, -0.2) is 42.9 Å². The summed E-state index contributed by atoms with van der Waals surface area (Å²) in [6, 6.07) is 4.13. The number of benzene rings is 1. The molecule has 2 N–H and O–H groups in total. The molecule has 5 fully saturated rings. The summed E-state index contributed by atoms with van der Waals surface area (Å²) in [7, 11) is -0.189. The summed E-state index contributed by atoms with van der Waals surface area (Å²) in [6.45, 7) is 11.2. The average molecular weight is 471 g/mol. The summed E-state index contributed by atoms with van der Waals surface area (Å²) in [6.07, 6.45) is 3.52. The van der Waals surface area contributed by atoms with Crippen molar-refractivity contribution in [3.05, 3.63) is 23.3 Å². The second-order valence-corrected chi connectivity index (χ2v) is 12.9. The lowest BCUT2D eigenvalue weighted by molar-refractivity contribution is -0.199. The van der Waals surface area contributed by atoms with E-state index >= 15 is 0 Å². The molecule has 0 amide bonds. The first-order valence-corrected chi connectivity index (χ1v) is 13.3. The minimum atomic E-state index is -0.990. The molecule has 8 heteroatoms. The predicted molar refractivity (Wildman–Crippen MR) is 128 cm³/mol. The standard InChI is InChI=1S/C25H34BNO5S/c1-23(2)13-10-18(23)25(5)19(11-13)31-26(32-25)16-12-15(16)14-6-7-17(33-9-8-27)20-21(14)29-24(3,4)30-22(20)28/h6-7,13,15-16,18-19H,8-12,27H2,1-5H3/t13-,15+,16+,18-,19?,25-/m0/s1. The molecule has 178 valence electrons. The fourth-order valence-corrected chi connectivity index (χ4v) is 7.78. The van der Waals surface area contributed by atoms with Crippen LogP contribution in [0, 0.1) is 17.3 Å². The molecule has 2 bridgehead atoms. The minimum Gasteiger partial charge on any atom is -0.452 e. The highest BCUT2D eigenvalue weighted by Gasteiger charge is 2.70. The summed E-state index contributed by atoms with van der Waals surface area (Å²) < 4.78 is 25.1. The molecule has 1 aromatic carbocycles. The number of fused-ring (bicyclic) bond motifs is 1. The first-order valence-electron chi connectivity index (χ1n) is 12.3. The summed E-state index contributed by atoms with van der Waals surface area (Å²) in [5.74, 6) is 1.91. The van der Waals surface area contributed by atoms with Gasteiger partial charge < -0.3 is 24.5 Å². The molecule has 1 saturated heterocycles. The van der Waals surface area contributed by atoms with Gasteiger partial charge in [0.05, 0.1) is 11.7 Å². The van der Waals surface area contributed by atoms with Crippen molar-refractivity contribution in [3.63, 3.8) is 0 Å². The maximum atomic E-state index is 12.9. The van der Waals surface area contributed by atoms with Crippen LogP contribution in [0.15, 0.2) is 17.0 Å². The Labute approximate surface area is 200 Å². The fourth-order valence-electron chi connectivity index (χ4n) is 6.96. The Balaban J connectivity index is 1.27. The number of carbonyl (C=O) groups is 1. The van der Waals surface area contributed by atoms with Crippen molar-refractivity contribution in [1.29, 1.82) is 0 Å². The van der Waals surface area contributed by atoms with Crippen LogP contribution < -0.4 is 10.5 Å². The van der Waals surface area contributed by atoms with Crippen LogP contribution in [0.3, 0.4) is 0 Å². The van der Waals surface area contributed by atoms with Gasteiger partial charge in [0, 0.05) is 36.9 Å². The average Bonchev–Trinajstić information content (AvgIpc) is 3.43. The Hall–Kier alpha value is -1.22. The first kappa shape index (κ1) is 22.3. The smallest absolute Gasteiger partial charge is 0.452 e. The van der Waals surface area contributed by atoms with E-state index < -0.39 is 5.79 Å². The monoisotopic (exact) mass is 471 g/mol. The van der Waals surface area contributed by atoms with E-state index in [9.17, 15) is 4.79 Å². The van der Waals surface area contributed by atoms with E-state index in [-0.39, 0.29) is 36.5 Å². The van der Waals surface area contributed by atoms with Crippen LogP contribution in [0.1, 0.15) is 75.7 Å². The van der Waals surface area contributed by atoms with E-state index in [4.69, 9.17) is 24.5 Å². The van der Waals surface area contributed by atoms with Crippen LogP contribution in [0.5, 0.6) is 5.75 Å². The molecule has 4 saturated carbocycles. The molecule has 1 aromatic rings. The van der Waals surface area contributed by atoms with Crippen molar-refractivity contribution in [2.24, 2.45) is 23.0 Å². The van der Waals surface area contributed by atoms with E-state index in [1.54, 1.807) is 25.6 Å². The second-order valence-electron chi connectivity index (χ2n) is 11.7. The van der Waals surface area contributed by atoms with E-state index in [2.05, 4.69) is 26.8 Å². The third-order valence-electron chi connectivity index (χ3n) is 8.97. The Bertz CT molecular complexity index is 1010. The third-order valence-corrected chi connectivity index (χ3v) is 10.1. The van der Waals surface area contributed by atoms with E-state index in [1.165, 1.54) is 6.42 Å². The number of thioether (sulfide) groups is 1. The van der Waals surface area contributed by atoms with Gasteiger partial charge >= 0.3 is 13.1 Å². The van der Waals surface area contributed by atoms with E-state index in [1.807, 2.05) is 6.07 Å². The van der Waals surface area contributed by atoms with Gasteiger partial charge in [0.25, 0.3) is 0 Å². The topological polar surface area (TPSA) is 80.0 Å². The van der Waals surface area contributed by atoms with Crippen molar-refractivity contribution >= 4 is 24.8 Å². The lowest BCUT2D eigenvalue weighted by atomic mass is 9.43. The van der Waals surface area contributed by atoms with Gasteiger partial charge in [0.15, 0.2) is 0 Å². The molecule has 6 nitrogen and oxygen atoms in total. The highest BCUT2D eigenvalue weighted by Crippen LogP contribution is 2.68. The number of rotatable bonds is 5. The molecular weight excluding hydrogens is 437 g/mol. The Morgan fingerprint density at radius 3 is 2.64 bits per heavy atom. The van der Waals surface area contributed by atoms with Crippen LogP contribution in [0.2, 0.25) is 5.82 Å². The maximum Gasteiger partial charge on any atom is 0.461 e. The predicted octanol–water partition coefficient (Wildman–Crippen LogP) is 4.61. The number of hydrogen-bond donors (Lipinski definition) is 1. The summed E-state index contributed by atoms with van der Waals surface area (Å²) in [5, 5.41) is 0. The zero-order valence-corrected chi connectivity index (χ0v) is 21.0. The van der Waals surface area contributed by atoms with Crippen LogP contribution >= 0.6 is 11.8 Å². The normalized spacial score (nSPS) is 39.2. The molecule has 0 spiro atoms. The van der Waals surface area contributed by atoms with Crippen molar-refractivity contribution < 1.29 is 23.6 Å². The molecular formula is C25H34BNO5S. The molecule has 0 aromatic heterocycles. The van der Waals surface area contributed by atoms with Crippen LogP contribution in [0.25, 0.3) is 0 Å². The zero-order chi connectivity index (χ0) is 23.3. The molecule has 2 heterocycles. The van der Waals surface area contributed by atoms with Gasteiger partial charge in [-0.05, 0) is 61.0 Å². The van der Waals surface area contributed by atoms with Gasteiger partial charge in [0.1, 0.15) is 11.3 Å². The molecule has 2 aliphatic heterocycles. The Morgan fingerprint density at radius 1 is 1.12 bits per heavy atom. The molecule has 6 atom stereocenters. The van der Waals surface area contributed by atoms with Crippen LogP contribution in [0.4, 0.5) is 0 Å². The highest BCUT2D eigenvalue weighted by atomic mass is 32.2. The number of carbonyl (C=O) groups excluding carboxylic acids is 1. The first-order chi connectivity index (χ1) is 15.5. The number of cyclic esters (lactones) is 1. The van der Waals surface area contributed by atoms with Gasteiger partial charge in [-0.25, -0.2) is 4.79 Å². The van der Waals surface area contributed by atoms with Crippen LogP contribution in [-0.2, 0) is 14.0 Å². The zero-order valence-electron chi connectivity index (χ0n) is 20.2. The number of hydrogen-bond acceptors (Lipinski definition) is 7. The molecule has 7 rings (SSSR count). The molecule has 33 heavy (non-hydrogen) atoms. The second kappa shape index (κ2) is 7.15. The summed E-state index contributed by atoms with van der Waals surface area (Å²) in [5.41, 5.74) is 7.44. The lowest BCUT2D eigenvalue weighted by Gasteiger charge is -2.64. The molecule has 0 radical (unpaired) electrons. The van der Waals surface area contributed by atoms with Gasteiger partial charge in [-0.1, -0.05) is 19.9 Å². The summed E-state index contributed by atoms with van der Waals surface area (Å²) in [4.78, 5) is 13.8. The minimum absolute atomic E-state index is 0.189. The quantitative estimate of drug-likeness (QED) is 0.382. The summed E-state index contributed by atoms with van der Waals surface area (Å²) >= 11 is 1.57. The molecule has 1 unspecified atom stereocenters. The maximum absolute atomic E-state index is 12.9. The van der Waals surface area contributed by atoms with Crippen molar-refractivity contribution in [1.82, 2.24) is 0 Å². The molecule has 6 aliphatic rings. The number of esters is 1. The van der Waals surface area contributed by atoms with Crippen molar-refractivity contribution in [2.75, 3.05) is 12.3 Å². The number of ether oxygens (including phenoxy) is 2. The third kappa shape index (κ3) is 3.24. The van der Waals surface area contributed by atoms with Gasteiger partial charge in [-0.2, -0.15) is 0 Å². The lowest BCUT2D eigenvalue weighted by Crippen LogP contribution is -2.65. The Morgan fingerprint density at radius 2 is 1.91 bits per heavy atom. The van der Waals surface area contributed by atoms with Gasteiger partial charge in [-0.15, -0.1) is 11.8 Å². The molecule has 4 aliphatic carbocycles. The van der Waals surface area contributed by atoms with Gasteiger partial charge in [-0.3, -0.25) is 0 Å².